The highest BCUT2D eigenvalue weighted by Crippen LogP contribution is 2.25. The number of ether oxygens (including phenoxy) is 1. The topological polar surface area (TPSA) is 67.8 Å². The number of hydrogen-bond donors (Lipinski definition) is 2. The van der Waals surface area contributed by atoms with E-state index in [-0.39, 0.29) is 6.61 Å². The van der Waals surface area contributed by atoms with Crippen LogP contribution in [0.25, 0.3) is 0 Å². The molecule has 1 aromatic heterocycles. The van der Waals surface area contributed by atoms with E-state index >= 15 is 0 Å². The van der Waals surface area contributed by atoms with E-state index in [2.05, 4.69) is 11.9 Å². The highest BCUT2D eigenvalue weighted by Gasteiger charge is 2.06. The van der Waals surface area contributed by atoms with Gasteiger partial charge in [-0.3, -0.25) is 0 Å². The zero-order valence-electron chi connectivity index (χ0n) is 12.8. The molecule has 1 aromatic carbocycles. The molecule has 2 aromatic rings. The van der Waals surface area contributed by atoms with Gasteiger partial charge in [0, 0.05) is 5.56 Å². The Balaban J connectivity index is 2.09. The molecule has 0 radical (unpaired) electrons. The Bertz CT molecular complexity index is 609. The van der Waals surface area contributed by atoms with Crippen molar-refractivity contribution in [3.63, 3.8) is 0 Å². The lowest BCUT2D eigenvalue weighted by Crippen LogP contribution is -2.10. The number of thiophene rings is 1. The first kappa shape index (κ1) is 16.5. The van der Waals surface area contributed by atoms with Gasteiger partial charge in [-0.05, 0) is 36.1 Å². The number of amidine groups is 1. The molecule has 22 heavy (non-hydrogen) atoms. The quantitative estimate of drug-likeness (QED) is 0.441. The van der Waals surface area contributed by atoms with E-state index in [4.69, 9.17) is 10.5 Å². The summed E-state index contributed by atoms with van der Waals surface area (Å²) >= 11 is 1.55. The third-order valence-electron chi connectivity index (χ3n) is 3.24. The van der Waals surface area contributed by atoms with Crippen molar-refractivity contribution in [1.29, 1.82) is 0 Å². The molecular weight excluding hydrogens is 296 g/mol. The van der Waals surface area contributed by atoms with Crippen molar-refractivity contribution in [1.82, 2.24) is 0 Å². The molecule has 0 fully saturated rings. The second-order valence-electron chi connectivity index (χ2n) is 4.98. The summed E-state index contributed by atoms with van der Waals surface area (Å²) in [6.45, 7) is 2.75. The second-order valence-corrected chi connectivity index (χ2v) is 5.93. The third-order valence-corrected chi connectivity index (χ3v) is 4.14. The first-order valence-corrected chi connectivity index (χ1v) is 8.37. The van der Waals surface area contributed by atoms with Gasteiger partial charge in [0.1, 0.15) is 11.6 Å². The van der Waals surface area contributed by atoms with Gasteiger partial charge in [-0.2, -0.15) is 0 Å². The Morgan fingerprint density at radius 2 is 2.18 bits per heavy atom. The molecular formula is C17H22N2O2S. The van der Waals surface area contributed by atoms with Gasteiger partial charge in [0.05, 0.1) is 23.8 Å². The van der Waals surface area contributed by atoms with E-state index in [0.29, 0.717) is 18.2 Å². The number of benzene rings is 1. The van der Waals surface area contributed by atoms with Crippen molar-refractivity contribution in [2.75, 3.05) is 6.61 Å². The van der Waals surface area contributed by atoms with E-state index in [9.17, 15) is 5.11 Å². The predicted octanol–water partition coefficient (Wildman–Crippen LogP) is 3.85. The fourth-order valence-electron chi connectivity index (χ4n) is 2.05. The number of unbranched alkanes of at least 4 members (excludes halogenated alkanes) is 2. The van der Waals surface area contributed by atoms with Gasteiger partial charge in [0.25, 0.3) is 0 Å². The van der Waals surface area contributed by atoms with Crippen molar-refractivity contribution < 1.29 is 9.84 Å². The zero-order valence-corrected chi connectivity index (χ0v) is 13.6. The molecule has 0 saturated heterocycles. The maximum atomic E-state index is 9.51. The van der Waals surface area contributed by atoms with Crippen LogP contribution in [0.3, 0.4) is 0 Å². The number of nitrogens with zero attached hydrogens (tertiary/aromatic N) is 1. The Hall–Kier alpha value is -1.85. The van der Waals surface area contributed by atoms with E-state index in [1.54, 1.807) is 11.3 Å². The van der Waals surface area contributed by atoms with Gasteiger partial charge >= 0.3 is 0 Å². The van der Waals surface area contributed by atoms with Gasteiger partial charge in [-0.1, -0.05) is 25.8 Å². The normalized spacial score (nSPS) is 11.6. The van der Waals surface area contributed by atoms with Crippen LogP contribution in [0.2, 0.25) is 0 Å². The SMILES string of the molecule is CCCCCOc1ccc(N=C(N)c2cccs2)cc1CO. The molecule has 0 aliphatic rings. The van der Waals surface area contributed by atoms with Gasteiger partial charge in [0.15, 0.2) is 0 Å². The van der Waals surface area contributed by atoms with Crippen molar-refractivity contribution in [2.24, 2.45) is 10.7 Å². The molecule has 0 amide bonds. The monoisotopic (exact) mass is 318 g/mol. The second kappa shape index (κ2) is 8.56. The van der Waals surface area contributed by atoms with Crippen LogP contribution in [-0.2, 0) is 6.61 Å². The Kier molecular flexibility index (Phi) is 6.43. The fourth-order valence-corrected chi connectivity index (χ4v) is 2.68. The molecule has 0 spiro atoms. The minimum atomic E-state index is -0.0780. The first-order chi connectivity index (χ1) is 10.7. The summed E-state index contributed by atoms with van der Waals surface area (Å²) in [7, 11) is 0. The maximum absolute atomic E-state index is 9.51. The first-order valence-electron chi connectivity index (χ1n) is 7.49. The fraction of sp³-hybridized carbons (Fsp3) is 0.353. The van der Waals surface area contributed by atoms with Crippen LogP contribution in [0, 0.1) is 0 Å². The Labute approximate surface area is 135 Å². The van der Waals surface area contributed by atoms with E-state index in [1.165, 1.54) is 0 Å². The van der Waals surface area contributed by atoms with Crippen molar-refractivity contribution >= 4 is 22.9 Å². The zero-order chi connectivity index (χ0) is 15.8. The van der Waals surface area contributed by atoms with Crippen LogP contribution in [0.1, 0.15) is 36.6 Å². The molecule has 3 N–H and O–H groups in total. The van der Waals surface area contributed by atoms with Crippen molar-refractivity contribution in [2.45, 2.75) is 32.8 Å². The van der Waals surface area contributed by atoms with Gasteiger partial charge in [0.2, 0.25) is 0 Å². The Morgan fingerprint density at radius 1 is 1.32 bits per heavy atom. The molecule has 0 saturated carbocycles. The molecule has 0 aliphatic heterocycles. The number of aliphatic hydroxyl groups excluding tert-OH is 1. The third kappa shape index (κ3) is 4.58. The van der Waals surface area contributed by atoms with Crippen LogP contribution in [-0.4, -0.2) is 17.5 Å². The number of rotatable bonds is 8. The summed E-state index contributed by atoms with van der Waals surface area (Å²) in [4.78, 5) is 5.33. The predicted molar refractivity (Wildman–Crippen MR) is 92.1 cm³/mol. The number of aliphatic hydroxyl groups is 1. The summed E-state index contributed by atoms with van der Waals surface area (Å²) in [6, 6.07) is 9.39. The number of nitrogens with two attached hydrogens (primary N) is 1. The number of hydrogen-bond acceptors (Lipinski definition) is 4. The molecule has 4 nitrogen and oxygen atoms in total. The summed E-state index contributed by atoms with van der Waals surface area (Å²) in [5.74, 6) is 1.20. The van der Waals surface area contributed by atoms with Gasteiger partial charge in [-0.25, -0.2) is 4.99 Å². The number of aliphatic imine (C=N–C) groups is 1. The van der Waals surface area contributed by atoms with Crippen molar-refractivity contribution in [3.05, 3.63) is 46.2 Å². The average molecular weight is 318 g/mol. The molecule has 0 unspecified atom stereocenters. The molecule has 0 bridgehead atoms. The van der Waals surface area contributed by atoms with E-state index in [1.807, 2.05) is 35.7 Å². The lowest BCUT2D eigenvalue weighted by molar-refractivity contribution is 0.260. The van der Waals surface area contributed by atoms with Crippen LogP contribution in [0.5, 0.6) is 5.75 Å². The van der Waals surface area contributed by atoms with Crippen LogP contribution < -0.4 is 10.5 Å². The largest absolute Gasteiger partial charge is 0.493 e. The van der Waals surface area contributed by atoms with Gasteiger partial charge in [-0.15, -0.1) is 11.3 Å². The van der Waals surface area contributed by atoms with E-state index < -0.39 is 0 Å². The molecule has 2 rings (SSSR count). The van der Waals surface area contributed by atoms with Crippen molar-refractivity contribution in [3.8, 4) is 5.75 Å². The molecule has 0 aliphatic carbocycles. The maximum Gasteiger partial charge on any atom is 0.141 e. The highest BCUT2D eigenvalue weighted by molar-refractivity contribution is 7.12. The minimum absolute atomic E-state index is 0.0780. The molecule has 0 atom stereocenters. The van der Waals surface area contributed by atoms with Crippen LogP contribution in [0.4, 0.5) is 5.69 Å². The highest BCUT2D eigenvalue weighted by atomic mass is 32.1. The smallest absolute Gasteiger partial charge is 0.141 e. The van der Waals surface area contributed by atoms with Crippen LogP contribution in [0.15, 0.2) is 40.7 Å². The standard InChI is InChI=1S/C17H22N2O2S/c1-2-3-4-9-21-15-8-7-14(11-13(15)12-20)19-17(18)16-6-5-10-22-16/h5-8,10-11,20H,2-4,9,12H2,1H3,(H2,18,19). The molecule has 5 heteroatoms. The lowest BCUT2D eigenvalue weighted by Gasteiger charge is -2.10. The summed E-state index contributed by atoms with van der Waals surface area (Å²) in [6.07, 6.45) is 3.33. The lowest BCUT2D eigenvalue weighted by atomic mass is 10.2. The Morgan fingerprint density at radius 3 is 2.86 bits per heavy atom. The van der Waals surface area contributed by atoms with Crippen LogP contribution >= 0.6 is 11.3 Å². The summed E-state index contributed by atoms with van der Waals surface area (Å²) in [5, 5.41) is 11.5. The molecule has 118 valence electrons. The summed E-state index contributed by atoms with van der Waals surface area (Å²) < 4.78 is 5.72. The minimum Gasteiger partial charge on any atom is -0.493 e. The average Bonchev–Trinajstić information content (AvgIpc) is 3.07. The summed E-state index contributed by atoms with van der Waals surface area (Å²) in [5.41, 5.74) is 7.43. The van der Waals surface area contributed by atoms with E-state index in [0.717, 1.165) is 35.4 Å². The van der Waals surface area contributed by atoms with Gasteiger partial charge < -0.3 is 15.6 Å². The molecule has 1 heterocycles.